The molecule has 1 atom stereocenters. The number of amides is 4. The van der Waals surface area contributed by atoms with Gasteiger partial charge in [0.25, 0.3) is 0 Å². The molecule has 0 radical (unpaired) electrons. The highest BCUT2D eigenvalue weighted by molar-refractivity contribution is 6.33. The number of urea groups is 1. The maximum absolute atomic E-state index is 14.1. The van der Waals surface area contributed by atoms with Crippen molar-refractivity contribution in [2.45, 2.75) is 76.0 Å². The number of benzene rings is 2. The van der Waals surface area contributed by atoms with E-state index in [9.17, 15) is 27.6 Å². The molecule has 4 heterocycles. The second-order valence-electron chi connectivity index (χ2n) is 13.8. The first-order chi connectivity index (χ1) is 23.5. The Hall–Kier alpha value is -3.51. The molecule has 9 nitrogen and oxygen atoms in total. The zero-order valence-electron chi connectivity index (χ0n) is 28.0. The maximum atomic E-state index is 14.1. The topological polar surface area (TPSA) is 88.2 Å². The minimum absolute atomic E-state index is 0.0266. The lowest BCUT2D eigenvalue weighted by Gasteiger charge is -2.39. The van der Waals surface area contributed by atoms with E-state index in [-0.39, 0.29) is 53.0 Å². The molecular formula is C36H46ClF3N6O3. The number of likely N-dealkylation sites (tertiary alicyclic amines) is 3. The van der Waals surface area contributed by atoms with Crippen LogP contribution in [0.3, 0.4) is 0 Å². The average Bonchev–Trinajstić information content (AvgIpc) is 3.58. The van der Waals surface area contributed by atoms with Crippen molar-refractivity contribution in [3.8, 4) is 0 Å². The highest BCUT2D eigenvalue weighted by Crippen LogP contribution is 2.40. The zero-order valence-corrected chi connectivity index (χ0v) is 28.8. The van der Waals surface area contributed by atoms with Gasteiger partial charge in [-0.3, -0.25) is 9.59 Å². The number of nitrogens with one attached hydrogen (secondary N) is 2. The second-order valence-corrected chi connectivity index (χ2v) is 14.2. The summed E-state index contributed by atoms with van der Waals surface area (Å²) in [4.78, 5) is 48.8. The molecule has 2 aromatic rings. The Bertz CT molecular complexity index is 1520. The van der Waals surface area contributed by atoms with E-state index >= 15 is 0 Å². The van der Waals surface area contributed by atoms with Crippen molar-refractivity contribution in [2.24, 2.45) is 5.92 Å². The van der Waals surface area contributed by atoms with Crippen molar-refractivity contribution >= 4 is 40.8 Å². The monoisotopic (exact) mass is 702 g/mol. The summed E-state index contributed by atoms with van der Waals surface area (Å²) in [7, 11) is 1.38. The summed E-state index contributed by atoms with van der Waals surface area (Å²) in [5, 5.41) is 5.48. The van der Waals surface area contributed by atoms with Gasteiger partial charge in [0, 0.05) is 64.0 Å². The number of piperidine rings is 2. The number of halogens is 4. The first-order valence-corrected chi connectivity index (χ1v) is 17.9. The molecule has 3 saturated heterocycles. The van der Waals surface area contributed by atoms with Gasteiger partial charge in [0.05, 0.1) is 22.2 Å². The Labute approximate surface area is 291 Å². The standard InChI is InChI=1S/C36H46ClF3N6O3/c1-41-33-29(36(38,39)40)21-24(22-30(33)37)20-26(34(48)45-17-9-27(10-18-45)43-13-4-5-14-43)23-32(47)44-15-11-28(12-16-44)46-19-8-25-6-2-3-7-31(25)42-35(46)49/h2-3,6-7,21-22,26-28,41H,4-5,8-20,23H2,1H3,(H,42,49). The number of para-hydroxylation sites is 1. The van der Waals surface area contributed by atoms with Crippen LogP contribution >= 0.6 is 11.6 Å². The van der Waals surface area contributed by atoms with Crippen LogP contribution in [0.25, 0.3) is 0 Å². The molecule has 266 valence electrons. The lowest BCUT2D eigenvalue weighted by Crippen LogP contribution is -2.51. The highest BCUT2D eigenvalue weighted by atomic mass is 35.5. The van der Waals surface area contributed by atoms with Crippen LogP contribution in [-0.2, 0) is 28.6 Å². The molecule has 13 heteroatoms. The van der Waals surface area contributed by atoms with Crippen LogP contribution in [0.15, 0.2) is 36.4 Å². The normalized spacial score (nSPS) is 20.5. The summed E-state index contributed by atoms with van der Waals surface area (Å²) in [6.07, 6.45) is 1.22. The molecule has 1 unspecified atom stereocenters. The van der Waals surface area contributed by atoms with E-state index in [0.717, 1.165) is 49.7 Å². The van der Waals surface area contributed by atoms with E-state index in [1.807, 2.05) is 29.2 Å². The summed E-state index contributed by atoms with van der Waals surface area (Å²) in [5.41, 5.74) is 1.06. The molecule has 2 aromatic carbocycles. The zero-order chi connectivity index (χ0) is 34.7. The Morgan fingerprint density at radius 2 is 1.59 bits per heavy atom. The fourth-order valence-electron chi connectivity index (χ4n) is 8.11. The van der Waals surface area contributed by atoms with Crippen molar-refractivity contribution in [2.75, 3.05) is 63.5 Å². The molecule has 4 aliphatic rings. The number of carbonyl (C=O) groups is 3. The number of carbonyl (C=O) groups excluding carboxylic acids is 3. The molecule has 2 N–H and O–H groups in total. The third kappa shape index (κ3) is 8.11. The predicted octanol–water partition coefficient (Wildman–Crippen LogP) is 6.12. The van der Waals surface area contributed by atoms with Gasteiger partial charge in [-0.05, 0) is 93.8 Å². The van der Waals surface area contributed by atoms with E-state index in [1.165, 1.54) is 26.0 Å². The molecule has 4 aliphatic heterocycles. The SMILES string of the molecule is CNc1c(Cl)cc(CC(CC(=O)N2CCC(N3CCc4ccccc4NC3=O)CC2)C(=O)N2CCC(N3CCCC3)CC2)cc1C(F)(F)F. The minimum atomic E-state index is -4.65. The first-order valence-electron chi connectivity index (χ1n) is 17.5. The quantitative estimate of drug-likeness (QED) is 0.347. The number of hydrogen-bond acceptors (Lipinski definition) is 5. The lowest BCUT2D eigenvalue weighted by molar-refractivity contribution is -0.143. The van der Waals surface area contributed by atoms with Crippen LogP contribution in [0.1, 0.15) is 61.6 Å². The van der Waals surface area contributed by atoms with Crippen molar-refractivity contribution in [1.82, 2.24) is 19.6 Å². The number of alkyl halides is 3. The Kier molecular flexibility index (Phi) is 10.9. The summed E-state index contributed by atoms with van der Waals surface area (Å²) in [6, 6.07) is 10.5. The van der Waals surface area contributed by atoms with Gasteiger partial charge in [-0.15, -0.1) is 0 Å². The van der Waals surface area contributed by atoms with Gasteiger partial charge in [-0.2, -0.15) is 13.2 Å². The van der Waals surface area contributed by atoms with Crippen LogP contribution < -0.4 is 10.6 Å². The second kappa shape index (κ2) is 15.2. The Morgan fingerprint density at radius 1 is 0.939 bits per heavy atom. The number of rotatable bonds is 8. The van der Waals surface area contributed by atoms with Crippen LogP contribution in [0.5, 0.6) is 0 Å². The summed E-state index contributed by atoms with van der Waals surface area (Å²) in [6.45, 7) is 4.73. The average molecular weight is 703 g/mol. The van der Waals surface area contributed by atoms with Crippen LogP contribution in [-0.4, -0.2) is 102 Å². The van der Waals surface area contributed by atoms with E-state index in [1.54, 1.807) is 9.80 Å². The molecule has 0 bridgehead atoms. The van der Waals surface area contributed by atoms with Gasteiger partial charge in [-0.1, -0.05) is 29.8 Å². The maximum Gasteiger partial charge on any atom is 0.418 e. The molecule has 3 fully saturated rings. The number of nitrogens with zero attached hydrogens (tertiary/aromatic N) is 4. The largest absolute Gasteiger partial charge is 0.418 e. The van der Waals surface area contributed by atoms with Gasteiger partial charge in [0.1, 0.15) is 0 Å². The predicted molar refractivity (Wildman–Crippen MR) is 184 cm³/mol. The minimum Gasteiger partial charge on any atom is -0.386 e. The highest BCUT2D eigenvalue weighted by Gasteiger charge is 2.38. The van der Waals surface area contributed by atoms with Gasteiger partial charge < -0.3 is 30.2 Å². The Balaban J connectivity index is 1.14. The third-order valence-electron chi connectivity index (χ3n) is 10.8. The molecule has 0 saturated carbocycles. The summed E-state index contributed by atoms with van der Waals surface area (Å²) in [5.74, 6) is -1.24. The van der Waals surface area contributed by atoms with Crippen molar-refractivity contribution in [1.29, 1.82) is 0 Å². The van der Waals surface area contributed by atoms with Crippen molar-refractivity contribution < 1.29 is 27.6 Å². The third-order valence-corrected chi connectivity index (χ3v) is 11.1. The van der Waals surface area contributed by atoms with Gasteiger partial charge >= 0.3 is 12.2 Å². The van der Waals surface area contributed by atoms with E-state index < -0.39 is 17.7 Å². The Morgan fingerprint density at radius 3 is 2.27 bits per heavy atom. The molecule has 49 heavy (non-hydrogen) atoms. The van der Waals surface area contributed by atoms with Crippen LogP contribution in [0, 0.1) is 5.92 Å². The van der Waals surface area contributed by atoms with E-state index in [4.69, 9.17) is 11.6 Å². The van der Waals surface area contributed by atoms with Gasteiger partial charge in [-0.25, -0.2) is 4.79 Å². The van der Waals surface area contributed by atoms with E-state index in [0.29, 0.717) is 51.6 Å². The van der Waals surface area contributed by atoms with E-state index in [2.05, 4.69) is 15.5 Å². The van der Waals surface area contributed by atoms with Crippen molar-refractivity contribution in [3.63, 3.8) is 0 Å². The molecule has 6 rings (SSSR count). The number of fused-ring (bicyclic) bond motifs is 1. The fourth-order valence-corrected chi connectivity index (χ4v) is 8.45. The smallest absolute Gasteiger partial charge is 0.386 e. The number of anilines is 2. The van der Waals surface area contributed by atoms with Gasteiger partial charge in [0.15, 0.2) is 0 Å². The van der Waals surface area contributed by atoms with Gasteiger partial charge in [0.2, 0.25) is 11.8 Å². The lowest BCUT2D eigenvalue weighted by atomic mass is 9.91. The molecule has 0 aromatic heterocycles. The summed E-state index contributed by atoms with van der Waals surface area (Å²) >= 11 is 6.31. The molecule has 4 amide bonds. The number of hydrogen-bond donors (Lipinski definition) is 2. The van der Waals surface area contributed by atoms with Crippen LogP contribution in [0.4, 0.5) is 29.3 Å². The van der Waals surface area contributed by atoms with Crippen molar-refractivity contribution in [3.05, 3.63) is 58.1 Å². The molecular weight excluding hydrogens is 657 g/mol. The summed E-state index contributed by atoms with van der Waals surface area (Å²) < 4.78 is 42.0. The molecule has 0 spiro atoms. The fraction of sp³-hybridized carbons (Fsp3) is 0.583. The van der Waals surface area contributed by atoms with Crippen LogP contribution in [0.2, 0.25) is 5.02 Å². The first kappa shape index (κ1) is 35.3. The molecule has 0 aliphatic carbocycles.